The van der Waals surface area contributed by atoms with Gasteiger partial charge in [-0.3, -0.25) is 5.10 Å². The lowest BCUT2D eigenvalue weighted by atomic mass is 10.0. The number of ether oxygens (including phenoxy) is 2. The summed E-state index contributed by atoms with van der Waals surface area (Å²) < 4.78 is 9.15. The average Bonchev–Trinajstić information content (AvgIpc) is 2.71. The second-order valence-electron chi connectivity index (χ2n) is 3.50. The Balaban J connectivity index is 3.30. The number of nitrogens with zero attached hydrogens (tertiary/aromatic N) is 1. The smallest absolute Gasteiger partial charge is 0.359 e. The molecule has 0 saturated carbocycles. The zero-order chi connectivity index (χ0) is 12.3. The second-order valence-corrected chi connectivity index (χ2v) is 3.50. The molecule has 0 bridgehead atoms. The van der Waals surface area contributed by atoms with Crippen LogP contribution in [0.3, 0.4) is 0 Å². The Morgan fingerprint density at radius 2 is 1.75 bits per heavy atom. The summed E-state index contributed by atoms with van der Waals surface area (Å²) in [4.78, 5) is 22.9. The SMILES string of the molecule is COC(=O)c1n[nH]c(C(C)C)c1C(=O)OC. The number of aromatic amines is 1. The number of carbonyl (C=O) groups excluding carboxylic acids is 2. The summed E-state index contributed by atoms with van der Waals surface area (Å²) in [5.41, 5.74) is 0.662. The van der Waals surface area contributed by atoms with E-state index in [1.807, 2.05) is 13.8 Å². The highest BCUT2D eigenvalue weighted by atomic mass is 16.5. The number of hydrogen-bond acceptors (Lipinski definition) is 5. The minimum atomic E-state index is -0.663. The van der Waals surface area contributed by atoms with E-state index in [0.717, 1.165) is 0 Å². The first-order valence-corrected chi connectivity index (χ1v) is 4.77. The Kier molecular flexibility index (Phi) is 3.65. The van der Waals surface area contributed by atoms with Gasteiger partial charge in [0.1, 0.15) is 5.56 Å². The maximum Gasteiger partial charge on any atom is 0.359 e. The molecule has 0 radical (unpaired) electrons. The van der Waals surface area contributed by atoms with Crippen LogP contribution in [0.5, 0.6) is 0 Å². The Morgan fingerprint density at radius 1 is 1.19 bits per heavy atom. The third kappa shape index (κ3) is 2.05. The Hall–Kier alpha value is -1.85. The van der Waals surface area contributed by atoms with Gasteiger partial charge in [-0.25, -0.2) is 9.59 Å². The highest BCUT2D eigenvalue weighted by molar-refractivity contribution is 6.02. The van der Waals surface area contributed by atoms with Crippen LogP contribution in [0.4, 0.5) is 0 Å². The molecule has 0 aliphatic heterocycles. The Bertz CT molecular complexity index is 409. The predicted molar refractivity (Wildman–Crippen MR) is 55.4 cm³/mol. The van der Waals surface area contributed by atoms with Gasteiger partial charge in [0, 0.05) is 0 Å². The Labute approximate surface area is 92.9 Å². The summed E-state index contributed by atoms with van der Waals surface area (Å²) in [5.74, 6) is -1.23. The quantitative estimate of drug-likeness (QED) is 0.780. The van der Waals surface area contributed by atoms with Crippen molar-refractivity contribution in [2.75, 3.05) is 14.2 Å². The van der Waals surface area contributed by atoms with Gasteiger partial charge in [-0.2, -0.15) is 5.10 Å². The van der Waals surface area contributed by atoms with Gasteiger partial charge in [-0.15, -0.1) is 0 Å². The van der Waals surface area contributed by atoms with Crippen molar-refractivity contribution in [3.05, 3.63) is 17.0 Å². The monoisotopic (exact) mass is 226 g/mol. The molecule has 0 amide bonds. The fraction of sp³-hybridized carbons (Fsp3) is 0.500. The predicted octanol–water partition coefficient (Wildman–Crippen LogP) is 1.11. The molecule has 0 spiro atoms. The molecule has 0 aromatic carbocycles. The summed E-state index contributed by atoms with van der Waals surface area (Å²) in [6.45, 7) is 3.75. The van der Waals surface area contributed by atoms with E-state index in [-0.39, 0.29) is 17.2 Å². The lowest BCUT2D eigenvalue weighted by Crippen LogP contribution is -2.12. The van der Waals surface area contributed by atoms with Crippen molar-refractivity contribution in [1.29, 1.82) is 0 Å². The van der Waals surface area contributed by atoms with Crippen molar-refractivity contribution in [1.82, 2.24) is 10.2 Å². The van der Waals surface area contributed by atoms with E-state index in [1.165, 1.54) is 14.2 Å². The zero-order valence-electron chi connectivity index (χ0n) is 9.66. The lowest BCUT2D eigenvalue weighted by Gasteiger charge is -2.05. The first-order valence-electron chi connectivity index (χ1n) is 4.77. The molecule has 0 aliphatic rings. The van der Waals surface area contributed by atoms with Gasteiger partial charge >= 0.3 is 11.9 Å². The van der Waals surface area contributed by atoms with Crippen LogP contribution in [-0.4, -0.2) is 36.4 Å². The van der Waals surface area contributed by atoms with Gasteiger partial charge in [0.2, 0.25) is 0 Å². The molecule has 6 heteroatoms. The lowest BCUT2D eigenvalue weighted by molar-refractivity contribution is 0.0551. The van der Waals surface area contributed by atoms with Crippen LogP contribution in [-0.2, 0) is 9.47 Å². The van der Waals surface area contributed by atoms with E-state index in [2.05, 4.69) is 19.7 Å². The molecule has 88 valence electrons. The summed E-state index contributed by atoms with van der Waals surface area (Å²) in [5, 5.41) is 6.43. The molecule has 0 aliphatic carbocycles. The second kappa shape index (κ2) is 4.78. The standard InChI is InChI=1S/C10H14N2O4/c1-5(2)7-6(9(13)15-3)8(12-11-7)10(14)16-4/h5H,1-4H3,(H,11,12). The molecule has 1 rings (SSSR count). The number of rotatable bonds is 3. The first kappa shape index (κ1) is 12.2. The summed E-state index contributed by atoms with van der Waals surface area (Å²) >= 11 is 0. The molecular formula is C10H14N2O4. The number of H-pyrrole nitrogens is 1. The first-order chi connectivity index (χ1) is 7.52. The molecule has 1 aromatic rings. The number of carbonyl (C=O) groups is 2. The van der Waals surface area contributed by atoms with Crippen LogP contribution in [0.2, 0.25) is 0 Å². The number of esters is 2. The molecule has 1 N–H and O–H groups in total. The molecule has 0 unspecified atom stereocenters. The van der Waals surface area contributed by atoms with Gasteiger partial charge in [0.05, 0.1) is 19.9 Å². The summed E-state index contributed by atoms with van der Waals surface area (Å²) in [6, 6.07) is 0. The maximum atomic E-state index is 11.6. The number of aromatic nitrogens is 2. The van der Waals surface area contributed by atoms with Gasteiger partial charge in [0.25, 0.3) is 0 Å². The van der Waals surface area contributed by atoms with Crippen molar-refractivity contribution in [2.24, 2.45) is 0 Å². The third-order valence-corrected chi connectivity index (χ3v) is 2.14. The van der Waals surface area contributed by atoms with E-state index >= 15 is 0 Å². The van der Waals surface area contributed by atoms with Crippen LogP contribution >= 0.6 is 0 Å². The van der Waals surface area contributed by atoms with Crippen LogP contribution in [0, 0.1) is 0 Å². The van der Waals surface area contributed by atoms with Gasteiger partial charge in [-0.05, 0) is 5.92 Å². The average molecular weight is 226 g/mol. The van der Waals surface area contributed by atoms with E-state index < -0.39 is 11.9 Å². The van der Waals surface area contributed by atoms with E-state index in [4.69, 9.17) is 0 Å². The molecular weight excluding hydrogens is 212 g/mol. The molecule has 1 aromatic heterocycles. The van der Waals surface area contributed by atoms with Crippen LogP contribution in [0.25, 0.3) is 0 Å². The number of methoxy groups -OCH3 is 2. The van der Waals surface area contributed by atoms with Crippen molar-refractivity contribution in [2.45, 2.75) is 19.8 Å². The molecule has 0 atom stereocenters. The normalized spacial score (nSPS) is 10.3. The topological polar surface area (TPSA) is 81.3 Å². The highest BCUT2D eigenvalue weighted by Crippen LogP contribution is 2.21. The molecule has 6 nitrogen and oxygen atoms in total. The fourth-order valence-corrected chi connectivity index (χ4v) is 1.33. The van der Waals surface area contributed by atoms with Crippen molar-refractivity contribution >= 4 is 11.9 Å². The molecule has 0 saturated heterocycles. The Morgan fingerprint density at radius 3 is 2.19 bits per heavy atom. The largest absolute Gasteiger partial charge is 0.465 e. The minimum absolute atomic E-state index is 0.0278. The molecule has 1 heterocycles. The fourth-order valence-electron chi connectivity index (χ4n) is 1.33. The summed E-state index contributed by atoms with van der Waals surface area (Å²) in [7, 11) is 2.48. The number of hydrogen-bond donors (Lipinski definition) is 1. The zero-order valence-corrected chi connectivity index (χ0v) is 9.66. The third-order valence-electron chi connectivity index (χ3n) is 2.14. The van der Waals surface area contributed by atoms with Crippen molar-refractivity contribution in [3.63, 3.8) is 0 Å². The highest BCUT2D eigenvalue weighted by Gasteiger charge is 2.27. The van der Waals surface area contributed by atoms with Crippen LogP contribution < -0.4 is 0 Å². The molecule has 0 fully saturated rings. The van der Waals surface area contributed by atoms with Crippen molar-refractivity contribution < 1.29 is 19.1 Å². The van der Waals surface area contributed by atoms with Crippen LogP contribution in [0.1, 0.15) is 46.3 Å². The van der Waals surface area contributed by atoms with E-state index in [1.54, 1.807) is 0 Å². The minimum Gasteiger partial charge on any atom is -0.465 e. The van der Waals surface area contributed by atoms with E-state index in [0.29, 0.717) is 5.69 Å². The van der Waals surface area contributed by atoms with Gasteiger partial charge in [0.15, 0.2) is 5.69 Å². The molecule has 16 heavy (non-hydrogen) atoms. The summed E-state index contributed by atoms with van der Waals surface area (Å²) in [6.07, 6.45) is 0. The number of nitrogens with one attached hydrogen (secondary N) is 1. The van der Waals surface area contributed by atoms with Crippen LogP contribution in [0.15, 0.2) is 0 Å². The van der Waals surface area contributed by atoms with Gasteiger partial charge < -0.3 is 9.47 Å². The maximum absolute atomic E-state index is 11.6. The van der Waals surface area contributed by atoms with E-state index in [9.17, 15) is 9.59 Å². The van der Waals surface area contributed by atoms with Crippen molar-refractivity contribution in [3.8, 4) is 0 Å². The van der Waals surface area contributed by atoms with Gasteiger partial charge in [-0.1, -0.05) is 13.8 Å².